The van der Waals surface area contributed by atoms with Gasteiger partial charge in [0.2, 0.25) is 0 Å². The van der Waals surface area contributed by atoms with Crippen LogP contribution in [0.1, 0.15) is 41.3 Å². The van der Waals surface area contributed by atoms with Crippen LogP contribution in [0.5, 0.6) is 5.75 Å². The van der Waals surface area contributed by atoms with Gasteiger partial charge in [0.1, 0.15) is 5.75 Å². The zero-order valence-electron chi connectivity index (χ0n) is 15.4. The van der Waals surface area contributed by atoms with E-state index in [2.05, 4.69) is 29.7 Å². The Labute approximate surface area is 161 Å². The Morgan fingerprint density at radius 1 is 1.15 bits per heavy atom. The first-order valence-corrected chi connectivity index (χ1v) is 9.48. The lowest BCUT2D eigenvalue weighted by atomic mass is 10.0. The van der Waals surface area contributed by atoms with Crippen molar-refractivity contribution in [3.05, 3.63) is 58.6 Å². The van der Waals surface area contributed by atoms with E-state index < -0.39 is 11.8 Å². The molecule has 2 aromatic carbocycles. The van der Waals surface area contributed by atoms with Crippen LogP contribution in [-0.4, -0.2) is 23.4 Å². The number of hydrazine groups is 1. The van der Waals surface area contributed by atoms with Crippen molar-refractivity contribution in [2.75, 3.05) is 6.61 Å². The molecule has 0 unspecified atom stereocenters. The molecule has 0 saturated heterocycles. The second kappa shape index (κ2) is 8.18. The first-order chi connectivity index (χ1) is 12.9. The maximum absolute atomic E-state index is 12.2. The number of carbonyl (C=O) groups is 2. The number of ether oxygens (including phenoxy) is 1. The molecule has 0 radical (unpaired) electrons. The first-order valence-electron chi connectivity index (χ1n) is 8.60. The number of fused-ring (bicyclic) bond motifs is 1. The summed E-state index contributed by atoms with van der Waals surface area (Å²) >= 11 is 1.46. The van der Waals surface area contributed by atoms with Crippen molar-refractivity contribution in [2.24, 2.45) is 0 Å². The highest BCUT2D eigenvalue weighted by Crippen LogP contribution is 2.27. The van der Waals surface area contributed by atoms with Crippen molar-refractivity contribution in [1.82, 2.24) is 15.8 Å². The fourth-order valence-corrected chi connectivity index (χ4v) is 3.33. The minimum absolute atomic E-state index is 0.183. The number of hydrogen-bond donors (Lipinski definition) is 2. The van der Waals surface area contributed by atoms with E-state index in [9.17, 15) is 9.59 Å². The Kier molecular flexibility index (Phi) is 5.71. The molecule has 27 heavy (non-hydrogen) atoms. The molecule has 140 valence electrons. The highest BCUT2D eigenvalue weighted by Gasteiger charge is 2.12. The number of nitrogens with zero attached hydrogens (tertiary/aromatic N) is 1. The van der Waals surface area contributed by atoms with Crippen LogP contribution >= 0.6 is 11.3 Å². The van der Waals surface area contributed by atoms with Crippen molar-refractivity contribution < 1.29 is 14.3 Å². The van der Waals surface area contributed by atoms with E-state index >= 15 is 0 Å². The van der Waals surface area contributed by atoms with Crippen LogP contribution in [0.2, 0.25) is 0 Å². The summed E-state index contributed by atoms with van der Waals surface area (Å²) in [5.74, 6) is 0.141. The Morgan fingerprint density at radius 2 is 1.96 bits per heavy atom. The maximum Gasteiger partial charge on any atom is 0.276 e. The molecule has 0 saturated carbocycles. The largest absolute Gasteiger partial charge is 0.483 e. The van der Waals surface area contributed by atoms with Gasteiger partial charge in [-0.2, -0.15) is 0 Å². The number of thiazole rings is 1. The van der Waals surface area contributed by atoms with Crippen molar-refractivity contribution >= 4 is 33.4 Å². The molecule has 2 N–H and O–H groups in total. The minimum atomic E-state index is -0.432. The minimum Gasteiger partial charge on any atom is -0.483 e. The van der Waals surface area contributed by atoms with Crippen LogP contribution in [0.15, 0.2) is 41.9 Å². The molecule has 0 aliphatic heterocycles. The molecule has 2 amide bonds. The average Bonchev–Trinajstić information content (AvgIpc) is 3.11. The number of nitrogens with one attached hydrogen (secondary N) is 2. The number of rotatable bonds is 5. The van der Waals surface area contributed by atoms with E-state index in [1.807, 2.05) is 25.1 Å². The lowest BCUT2D eigenvalue weighted by molar-refractivity contribution is -0.123. The zero-order chi connectivity index (χ0) is 19.4. The molecule has 3 aromatic rings. The Hall–Kier alpha value is -2.93. The smallest absolute Gasteiger partial charge is 0.276 e. The Balaban J connectivity index is 1.55. The summed E-state index contributed by atoms with van der Waals surface area (Å²) in [5.41, 5.74) is 9.90. The quantitative estimate of drug-likeness (QED) is 0.660. The van der Waals surface area contributed by atoms with Crippen LogP contribution in [-0.2, 0) is 4.79 Å². The van der Waals surface area contributed by atoms with Crippen molar-refractivity contribution in [1.29, 1.82) is 0 Å². The number of aromatic nitrogens is 1. The highest BCUT2D eigenvalue weighted by molar-refractivity contribution is 7.16. The lowest BCUT2D eigenvalue weighted by Crippen LogP contribution is -2.43. The molecule has 0 aliphatic carbocycles. The normalized spacial score (nSPS) is 10.8. The topological polar surface area (TPSA) is 80.3 Å². The molecular weight excluding hydrogens is 362 g/mol. The van der Waals surface area contributed by atoms with E-state index in [-0.39, 0.29) is 12.5 Å². The van der Waals surface area contributed by atoms with Gasteiger partial charge in [-0.05, 0) is 48.2 Å². The van der Waals surface area contributed by atoms with E-state index in [0.29, 0.717) is 11.3 Å². The number of hydrogen-bond acceptors (Lipinski definition) is 5. The fourth-order valence-electron chi connectivity index (χ4n) is 2.62. The van der Waals surface area contributed by atoms with Gasteiger partial charge in [0.05, 0.1) is 15.7 Å². The van der Waals surface area contributed by atoms with Gasteiger partial charge in [-0.25, -0.2) is 4.98 Å². The predicted molar refractivity (Wildman–Crippen MR) is 106 cm³/mol. The third-order valence-corrected chi connectivity index (χ3v) is 4.85. The maximum atomic E-state index is 12.2. The van der Waals surface area contributed by atoms with Crippen molar-refractivity contribution in [3.63, 3.8) is 0 Å². The first kappa shape index (κ1) is 18.8. The number of aryl methyl sites for hydroxylation is 1. The summed E-state index contributed by atoms with van der Waals surface area (Å²) < 4.78 is 6.57. The van der Waals surface area contributed by atoms with E-state index in [1.165, 1.54) is 11.3 Å². The van der Waals surface area contributed by atoms with E-state index in [0.717, 1.165) is 21.3 Å². The summed E-state index contributed by atoms with van der Waals surface area (Å²) in [6, 6.07) is 11.1. The number of carbonyl (C=O) groups excluding carboxylic acids is 2. The van der Waals surface area contributed by atoms with Crippen LogP contribution in [0.25, 0.3) is 10.2 Å². The zero-order valence-corrected chi connectivity index (χ0v) is 16.2. The third kappa shape index (κ3) is 4.62. The van der Waals surface area contributed by atoms with Gasteiger partial charge in [0.25, 0.3) is 11.8 Å². The molecule has 0 aliphatic rings. The van der Waals surface area contributed by atoms with Gasteiger partial charge in [0.15, 0.2) is 6.61 Å². The van der Waals surface area contributed by atoms with Gasteiger partial charge in [-0.3, -0.25) is 20.4 Å². The van der Waals surface area contributed by atoms with Gasteiger partial charge < -0.3 is 4.74 Å². The molecule has 7 heteroatoms. The summed E-state index contributed by atoms with van der Waals surface area (Å²) in [5, 5.41) is 0. The monoisotopic (exact) mass is 383 g/mol. The number of amides is 2. The summed E-state index contributed by atoms with van der Waals surface area (Å²) in [6.45, 7) is 5.92. The van der Waals surface area contributed by atoms with Crippen LogP contribution < -0.4 is 15.6 Å². The fraction of sp³-hybridized carbons (Fsp3) is 0.250. The molecule has 0 spiro atoms. The van der Waals surface area contributed by atoms with E-state index in [4.69, 9.17) is 4.74 Å². The predicted octanol–water partition coefficient (Wildman–Crippen LogP) is 3.57. The van der Waals surface area contributed by atoms with Gasteiger partial charge >= 0.3 is 0 Å². The number of benzene rings is 2. The second-order valence-corrected chi connectivity index (χ2v) is 7.41. The molecular formula is C20H21N3O3S. The lowest BCUT2D eigenvalue weighted by Gasteiger charge is -2.15. The third-order valence-electron chi connectivity index (χ3n) is 4.06. The van der Waals surface area contributed by atoms with Gasteiger partial charge in [-0.1, -0.05) is 26.0 Å². The van der Waals surface area contributed by atoms with Crippen LogP contribution in [0, 0.1) is 6.92 Å². The second-order valence-electron chi connectivity index (χ2n) is 6.52. The van der Waals surface area contributed by atoms with Gasteiger partial charge in [0, 0.05) is 5.56 Å². The Morgan fingerprint density at radius 3 is 2.74 bits per heavy atom. The molecule has 0 atom stereocenters. The molecule has 0 bridgehead atoms. The van der Waals surface area contributed by atoms with Crippen LogP contribution in [0.3, 0.4) is 0 Å². The van der Waals surface area contributed by atoms with Crippen LogP contribution in [0.4, 0.5) is 0 Å². The SMILES string of the molecule is Cc1ccc(C(C)C)c(OCC(=O)NNC(=O)c2ccc3ncsc3c2)c1. The molecule has 1 aromatic heterocycles. The van der Waals surface area contributed by atoms with Crippen molar-refractivity contribution in [3.8, 4) is 5.75 Å². The summed E-state index contributed by atoms with van der Waals surface area (Å²) in [4.78, 5) is 28.4. The van der Waals surface area contributed by atoms with Crippen molar-refractivity contribution in [2.45, 2.75) is 26.7 Å². The molecule has 6 nitrogen and oxygen atoms in total. The molecule has 3 rings (SSSR count). The standard InChI is InChI=1S/C20H21N3O3S/c1-12(2)15-6-4-13(3)8-17(15)26-10-19(24)22-23-20(25)14-5-7-16-18(9-14)27-11-21-16/h4-9,11-12H,10H2,1-3H3,(H,22,24)(H,23,25). The highest BCUT2D eigenvalue weighted by atomic mass is 32.1. The average molecular weight is 383 g/mol. The summed E-state index contributed by atoms with van der Waals surface area (Å²) in [7, 11) is 0. The van der Waals surface area contributed by atoms with Gasteiger partial charge in [-0.15, -0.1) is 11.3 Å². The summed E-state index contributed by atoms with van der Waals surface area (Å²) in [6.07, 6.45) is 0. The molecule has 0 fully saturated rings. The molecule has 1 heterocycles. The van der Waals surface area contributed by atoms with E-state index in [1.54, 1.807) is 23.7 Å². The Bertz CT molecular complexity index is 982.